The number of carbonyl (C=O) groups is 2. The molecule has 0 heterocycles. The van der Waals surface area contributed by atoms with Crippen molar-refractivity contribution in [2.45, 2.75) is 19.4 Å². The topological polar surface area (TPSA) is 64.6 Å². The largest absolute Gasteiger partial charge is 0.479 e. The molecule has 2 rings (SSSR count). The number of benzene rings is 2. The van der Waals surface area contributed by atoms with Crippen LogP contribution in [0.25, 0.3) is 0 Å². The maximum Gasteiger partial charge on any atom is 0.347 e. The Labute approximate surface area is 155 Å². The van der Waals surface area contributed by atoms with Gasteiger partial charge in [0, 0.05) is 0 Å². The average Bonchev–Trinajstić information content (AvgIpc) is 2.62. The second-order valence-electron chi connectivity index (χ2n) is 5.09. The maximum atomic E-state index is 12.1. The second-order valence-corrected chi connectivity index (χ2v) is 5.87. The number of hydrogen-bond acceptors (Lipinski definition) is 4. The third-order valence-electron chi connectivity index (χ3n) is 3.23. The minimum atomic E-state index is -0.787. The van der Waals surface area contributed by atoms with Gasteiger partial charge in [0.25, 0.3) is 5.91 Å². The van der Waals surface area contributed by atoms with E-state index in [2.05, 4.69) is 5.32 Å². The summed E-state index contributed by atoms with van der Waals surface area (Å²) >= 11 is 11.9. The van der Waals surface area contributed by atoms with Crippen molar-refractivity contribution >= 4 is 40.8 Å². The summed E-state index contributed by atoms with van der Waals surface area (Å²) in [6.45, 7) is 1.34. The van der Waals surface area contributed by atoms with Crippen LogP contribution in [0, 0.1) is 0 Å². The summed E-state index contributed by atoms with van der Waals surface area (Å²) in [5.41, 5.74) is 0.350. The van der Waals surface area contributed by atoms with Crippen molar-refractivity contribution in [1.29, 1.82) is 0 Å². The molecule has 0 spiro atoms. The van der Waals surface area contributed by atoms with Gasteiger partial charge in [-0.25, -0.2) is 4.79 Å². The highest BCUT2D eigenvalue weighted by Crippen LogP contribution is 2.29. The molecule has 1 atom stereocenters. The molecule has 0 bridgehead atoms. The van der Waals surface area contributed by atoms with E-state index in [0.29, 0.717) is 22.9 Å². The van der Waals surface area contributed by atoms with Crippen LogP contribution in [-0.4, -0.2) is 24.6 Å². The van der Waals surface area contributed by atoms with E-state index in [4.69, 9.17) is 32.7 Å². The van der Waals surface area contributed by atoms with E-state index in [1.54, 1.807) is 49.4 Å². The molecule has 0 aliphatic carbocycles. The first-order chi connectivity index (χ1) is 12.0. The Morgan fingerprint density at radius 2 is 1.80 bits per heavy atom. The first-order valence-corrected chi connectivity index (χ1v) is 8.39. The molecule has 0 aliphatic heterocycles. The molecule has 1 amide bonds. The first-order valence-electron chi connectivity index (χ1n) is 7.63. The van der Waals surface area contributed by atoms with Crippen LogP contribution in [0.5, 0.6) is 5.75 Å². The number of halogens is 2. The predicted molar refractivity (Wildman–Crippen MR) is 97.2 cm³/mol. The van der Waals surface area contributed by atoms with E-state index in [-0.39, 0.29) is 5.02 Å². The summed E-state index contributed by atoms with van der Waals surface area (Å²) in [7, 11) is 0. The smallest absolute Gasteiger partial charge is 0.347 e. The minimum absolute atomic E-state index is 0.225. The van der Waals surface area contributed by atoms with Gasteiger partial charge in [0.1, 0.15) is 5.75 Å². The molecule has 0 fully saturated rings. The molecule has 0 saturated heterocycles. The zero-order valence-electron chi connectivity index (χ0n) is 13.5. The van der Waals surface area contributed by atoms with Crippen molar-refractivity contribution < 1.29 is 19.1 Å². The Kier molecular flexibility index (Phi) is 7.10. The number of hydrogen-bond donors (Lipinski definition) is 1. The number of amides is 1. The van der Waals surface area contributed by atoms with Crippen molar-refractivity contribution in [2.24, 2.45) is 0 Å². The van der Waals surface area contributed by atoms with Crippen molar-refractivity contribution in [3.05, 3.63) is 58.6 Å². The van der Waals surface area contributed by atoms with Crippen LogP contribution in [-0.2, 0) is 14.3 Å². The van der Waals surface area contributed by atoms with Crippen LogP contribution in [0.2, 0.25) is 10.0 Å². The summed E-state index contributed by atoms with van der Waals surface area (Å²) in [6, 6.07) is 13.8. The highest BCUT2D eigenvalue weighted by Gasteiger charge is 2.21. The highest BCUT2D eigenvalue weighted by atomic mass is 35.5. The number of carbonyl (C=O) groups excluding carboxylic acids is 2. The van der Waals surface area contributed by atoms with Crippen molar-refractivity contribution in [3.8, 4) is 5.75 Å². The van der Waals surface area contributed by atoms with Crippen LogP contribution in [0.4, 0.5) is 5.69 Å². The fraction of sp³-hybridized carbons (Fsp3) is 0.222. The quantitative estimate of drug-likeness (QED) is 0.724. The number of para-hydroxylation sites is 1. The summed E-state index contributed by atoms with van der Waals surface area (Å²) in [5, 5.41) is 3.08. The lowest BCUT2D eigenvalue weighted by Crippen LogP contribution is -2.31. The number of nitrogens with one attached hydrogen (secondary N) is 1. The van der Waals surface area contributed by atoms with Gasteiger partial charge in [-0.1, -0.05) is 54.4 Å². The normalized spacial score (nSPS) is 11.5. The van der Waals surface area contributed by atoms with Gasteiger partial charge in [-0.3, -0.25) is 4.79 Å². The zero-order valence-corrected chi connectivity index (χ0v) is 15.0. The first kappa shape index (κ1) is 19.1. The monoisotopic (exact) mass is 381 g/mol. The van der Waals surface area contributed by atoms with Gasteiger partial charge in [0.2, 0.25) is 0 Å². The molecule has 1 N–H and O–H groups in total. The molecular weight excluding hydrogens is 365 g/mol. The molecule has 0 aromatic heterocycles. The third-order valence-corrected chi connectivity index (χ3v) is 4.05. The Morgan fingerprint density at radius 3 is 2.48 bits per heavy atom. The van der Waals surface area contributed by atoms with Gasteiger partial charge >= 0.3 is 5.97 Å². The van der Waals surface area contributed by atoms with Crippen molar-refractivity contribution in [2.75, 3.05) is 11.9 Å². The van der Waals surface area contributed by atoms with Crippen LogP contribution in [0.1, 0.15) is 13.3 Å². The van der Waals surface area contributed by atoms with Crippen LogP contribution in [0.15, 0.2) is 48.5 Å². The molecule has 2 aromatic carbocycles. The van der Waals surface area contributed by atoms with Crippen molar-refractivity contribution in [1.82, 2.24) is 0 Å². The summed E-state index contributed by atoms with van der Waals surface area (Å²) in [6.07, 6.45) is -0.375. The van der Waals surface area contributed by atoms with Crippen molar-refractivity contribution in [3.63, 3.8) is 0 Å². The Bertz CT molecular complexity index is 737. The lowest BCUT2D eigenvalue weighted by atomic mass is 10.2. The van der Waals surface area contributed by atoms with E-state index in [9.17, 15) is 9.59 Å². The number of esters is 1. The number of ether oxygens (including phenoxy) is 2. The van der Waals surface area contributed by atoms with E-state index in [1.807, 2.05) is 6.07 Å². The molecule has 0 unspecified atom stereocenters. The molecule has 25 heavy (non-hydrogen) atoms. The van der Waals surface area contributed by atoms with E-state index in [0.717, 1.165) is 0 Å². The van der Waals surface area contributed by atoms with Gasteiger partial charge in [0.15, 0.2) is 12.7 Å². The minimum Gasteiger partial charge on any atom is -0.479 e. The number of anilines is 1. The van der Waals surface area contributed by atoms with E-state index in [1.165, 1.54) is 0 Å². The molecule has 7 heteroatoms. The highest BCUT2D eigenvalue weighted by molar-refractivity contribution is 6.44. The van der Waals surface area contributed by atoms with Crippen LogP contribution < -0.4 is 10.1 Å². The van der Waals surface area contributed by atoms with Gasteiger partial charge in [-0.2, -0.15) is 0 Å². The lowest BCUT2D eigenvalue weighted by Gasteiger charge is -2.16. The van der Waals surface area contributed by atoms with Crippen LogP contribution in [0.3, 0.4) is 0 Å². The summed E-state index contributed by atoms with van der Waals surface area (Å²) < 4.78 is 10.6. The predicted octanol–water partition coefficient (Wildman–Crippen LogP) is 4.33. The number of rotatable bonds is 7. The molecule has 0 radical (unpaired) electrons. The standard InChI is InChI=1S/C18H17Cl2NO4/c1-2-15(25-12-7-4-3-5-8-12)18(23)24-11-16(22)21-14-10-6-9-13(19)17(14)20/h3-10,15H,2,11H2,1H3,(H,21,22)/t15-/m1/s1. The summed E-state index contributed by atoms with van der Waals surface area (Å²) in [4.78, 5) is 24.0. The lowest BCUT2D eigenvalue weighted by molar-refractivity contribution is -0.154. The van der Waals surface area contributed by atoms with Gasteiger partial charge in [-0.05, 0) is 30.7 Å². The van der Waals surface area contributed by atoms with Gasteiger partial charge in [0.05, 0.1) is 15.7 Å². The molecular formula is C18H17Cl2NO4. The molecule has 5 nitrogen and oxygen atoms in total. The Balaban J connectivity index is 1.87. The summed E-state index contributed by atoms with van der Waals surface area (Å²) in [5.74, 6) is -0.577. The fourth-order valence-corrected chi connectivity index (χ4v) is 2.33. The Hall–Kier alpha value is -2.24. The van der Waals surface area contributed by atoms with E-state index < -0.39 is 24.6 Å². The van der Waals surface area contributed by atoms with Crippen LogP contribution >= 0.6 is 23.2 Å². The molecule has 0 saturated carbocycles. The fourth-order valence-electron chi connectivity index (χ4n) is 1.98. The molecule has 2 aromatic rings. The second kappa shape index (κ2) is 9.30. The Morgan fingerprint density at radius 1 is 1.08 bits per heavy atom. The SMILES string of the molecule is CC[C@@H](Oc1ccccc1)C(=O)OCC(=O)Nc1cccc(Cl)c1Cl. The third kappa shape index (κ3) is 5.66. The van der Waals surface area contributed by atoms with Gasteiger partial charge < -0.3 is 14.8 Å². The van der Waals surface area contributed by atoms with E-state index >= 15 is 0 Å². The molecule has 0 aliphatic rings. The maximum absolute atomic E-state index is 12.1. The zero-order chi connectivity index (χ0) is 18.2. The average molecular weight is 382 g/mol. The molecule has 132 valence electrons. The van der Waals surface area contributed by atoms with Gasteiger partial charge in [-0.15, -0.1) is 0 Å².